The molecule has 0 spiro atoms. The molecule has 1 aromatic heterocycles. The normalized spacial score (nSPS) is 20.6. The van der Waals surface area contributed by atoms with Gasteiger partial charge in [-0.3, -0.25) is 4.79 Å². The molecule has 5 nitrogen and oxygen atoms in total. The zero-order valence-electron chi connectivity index (χ0n) is 14.8. The van der Waals surface area contributed by atoms with E-state index >= 15 is 0 Å². The monoisotopic (exact) mass is 340 g/mol. The van der Waals surface area contributed by atoms with Crippen LogP contribution in [-0.2, 0) is 17.6 Å². The van der Waals surface area contributed by atoms with E-state index in [4.69, 9.17) is 9.26 Å². The number of carbonyl (C=O) groups is 1. The summed E-state index contributed by atoms with van der Waals surface area (Å²) in [5.41, 5.74) is 3.61. The van der Waals surface area contributed by atoms with Crippen LogP contribution in [0.15, 0.2) is 28.8 Å². The van der Waals surface area contributed by atoms with Crippen LogP contribution in [0.1, 0.15) is 54.8 Å². The van der Waals surface area contributed by atoms with Gasteiger partial charge in [-0.15, -0.1) is 0 Å². The van der Waals surface area contributed by atoms with E-state index in [0.29, 0.717) is 0 Å². The van der Waals surface area contributed by atoms with E-state index in [2.05, 4.69) is 17.3 Å². The Bertz CT molecular complexity index is 783. The van der Waals surface area contributed by atoms with Crippen LogP contribution in [-0.4, -0.2) is 28.6 Å². The number of carbonyl (C=O) groups excluding carboxylic acids is 1. The minimum Gasteiger partial charge on any atom is -0.481 e. The van der Waals surface area contributed by atoms with Crippen molar-refractivity contribution < 1.29 is 14.1 Å². The van der Waals surface area contributed by atoms with Gasteiger partial charge >= 0.3 is 0 Å². The molecular formula is C20H24N2O3. The summed E-state index contributed by atoms with van der Waals surface area (Å²) in [4.78, 5) is 14.8. The SMILES string of the molecule is Cc1cc([C@@H]2CCCN2C(=O)[C@@H](C)Oc2ccc3c(c2)CCC3)no1. The van der Waals surface area contributed by atoms with Crippen molar-refractivity contribution in [3.8, 4) is 5.75 Å². The molecule has 0 bridgehead atoms. The van der Waals surface area contributed by atoms with E-state index in [1.165, 1.54) is 17.5 Å². The van der Waals surface area contributed by atoms with Crippen molar-refractivity contribution in [2.24, 2.45) is 0 Å². The number of likely N-dealkylation sites (tertiary alicyclic amines) is 1. The zero-order valence-corrected chi connectivity index (χ0v) is 14.8. The second-order valence-corrected chi connectivity index (χ2v) is 7.10. The van der Waals surface area contributed by atoms with Crippen molar-refractivity contribution >= 4 is 5.91 Å². The Kier molecular flexibility index (Phi) is 4.24. The van der Waals surface area contributed by atoms with Gasteiger partial charge in [0.1, 0.15) is 17.2 Å². The number of hydrogen-bond acceptors (Lipinski definition) is 4. The fraction of sp³-hybridized carbons (Fsp3) is 0.500. The molecule has 1 amide bonds. The molecule has 1 aliphatic carbocycles. The molecule has 0 radical (unpaired) electrons. The standard InChI is InChI=1S/C20H24N2O3/c1-13-11-18(21-25-13)19-7-4-10-22(19)20(23)14(2)24-17-9-8-15-5-3-6-16(15)12-17/h8-9,11-12,14,19H,3-7,10H2,1-2H3/t14-,19+/m1/s1. The maximum atomic E-state index is 12.9. The molecule has 1 aromatic carbocycles. The number of aryl methyl sites for hydroxylation is 3. The first-order chi connectivity index (χ1) is 12.1. The Morgan fingerprint density at radius 2 is 2.12 bits per heavy atom. The summed E-state index contributed by atoms with van der Waals surface area (Å²) < 4.78 is 11.2. The highest BCUT2D eigenvalue weighted by Gasteiger charge is 2.35. The van der Waals surface area contributed by atoms with Crippen molar-refractivity contribution in [1.82, 2.24) is 10.1 Å². The van der Waals surface area contributed by atoms with Gasteiger partial charge < -0.3 is 14.2 Å². The first-order valence-electron chi connectivity index (χ1n) is 9.14. The minimum absolute atomic E-state index is 0.00368. The molecule has 2 heterocycles. The smallest absolute Gasteiger partial charge is 0.263 e. The molecule has 1 saturated heterocycles. The number of amides is 1. The topological polar surface area (TPSA) is 55.6 Å². The molecule has 25 heavy (non-hydrogen) atoms. The average molecular weight is 340 g/mol. The summed E-state index contributed by atoms with van der Waals surface area (Å²) >= 11 is 0. The van der Waals surface area contributed by atoms with Crippen LogP contribution in [0.5, 0.6) is 5.75 Å². The number of nitrogens with zero attached hydrogens (tertiary/aromatic N) is 2. The van der Waals surface area contributed by atoms with Gasteiger partial charge in [-0.1, -0.05) is 11.2 Å². The predicted molar refractivity (Wildman–Crippen MR) is 93.5 cm³/mol. The van der Waals surface area contributed by atoms with Crippen LogP contribution in [0.2, 0.25) is 0 Å². The molecule has 4 rings (SSSR count). The summed E-state index contributed by atoms with van der Waals surface area (Å²) in [6.45, 7) is 4.45. The molecule has 5 heteroatoms. The Labute approximate surface area is 147 Å². The fourth-order valence-corrected chi connectivity index (χ4v) is 3.99. The second-order valence-electron chi connectivity index (χ2n) is 7.10. The number of fused-ring (bicyclic) bond motifs is 1. The van der Waals surface area contributed by atoms with E-state index in [1.807, 2.05) is 30.9 Å². The third kappa shape index (κ3) is 3.15. The lowest BCUT2D eigenvalue weighted by molar-refractivity contribution is -0.139. The molecule has 0 N–H and O–H groups in total. The van der Waals surface area contributed by atoms with Crippen molar-refractivity contribution in [3.63, 3.8) is 0 Å². The molecule has 2 aliphatic rings. The maximum absolute atomic E-state index is 12.9. The quantitative estimate of drug-likeness (QED) is 0.853. The summed E-state index contributed by atoms with van der Waals surface area (Å²) in [6, 6.07) is 8.12. The average Bonchev–Trinajstić information content (AvgIpc) is 3.33. The molecule has 0 saturated carbocycles. The van der Waals surface area contributed by atoms with Crippen molar-refractivity contribution in [2.75, 3.05) is 6.54 Å². The Hall–Kier alpha value is -2.30. The van der Waals surface area contributed by atoms with Crippen LogP contribution in [0, 0.1) is 6.92 Å². The summed E-state index contributed by atoms with van der Waals surface area (Å²) in [5.74, 6) is 1.58. The van der Waals surface area contributed by atoms with Gasteiger partial charge in [-0.2, -0.15) is 0 Å². The van der Waals surface area contributed by atoms with Crippen LogP contribution in [0.4, 0.5) is 0 Å². The number of hydrogen-bond donors (Lipinski definition) is 0. The fourth-order valence-electron chi connectivity index (χ4n) is 3.99. The second kappa shape index (κ2) is 6.54. The molecule has 2 atom stereocenters. The summed E-state index contributed by atoms with van der Waals surface area (Å²) in [6.07, 6.45) is 4.86. The molecule has 2 aromatic rings. The van der Waals surface area contributed by atoms with Gasteiger partial charge in [-0.25, -0.2) is 0 Å². The van der Waals surface area contributed by atoms with E-state index in [9.17, 15) is 4.79 Å². The lowest BCUT2D eigenvalue weighted by Crippen LogP contribution is -2.40. The van der Waals surface area contributed by atoms with Gasteiger partial charge in [0.05, 0.1) is 6.04 Å². The van der Waals surface area contributed by atoms with Crippen LogP contribution in [0.25, 0.3) is 0 Å². The Morgan fingerprint density at radius 1 is 1.28 bits per heavy atom. The molecule has 0 unspecified atom stereocenters. The number of aromatic nitrogens is 1. The highest BCUT2D eigenvalue weighted by Crippen LogP contribution is 2.33. The van der Waals surface area contributed by atoms with Crippen LogP contribution < -0.4 is 4.74 Å². The first kappa shape index (κ1) is 16.2. The molecule has 1 fully saturated rings. The lowest BCUT2D eigenvalue weighted by atomic mass is 10.1. The third-order valence-electron chi connectivity index (χ3n) is 5.25. The van der Waals surface area contributed by atoms with E-state index in [-0.39, 0.29) is 11.9 Å². The van der Waals surface area contributed by atoms with Crippen molar-refractivity contribution in [2.45, 2.75) is 58.1 Å². The van der Waals surface area contributed by atoms with Gasteiger partial charge in [0.25, 0.3) is 5.91 Å². The van der Waals surface area contributed by atoms with Gasteiger partial charge in [0, 0.05) is 12.6 Å². The van der Waals surface area contributed by atoms with Crippen molar-refractivity contribution in [3.05, 3.63) is 46.8 Å². The van der Waals surface area contributed by atoms with E-state index in [0.717, 1.165) is 49.4 Å². The summed E-state index contributed by atoms with van der Waals surface area (Å²) in [7, 11) is 0. The van der Waals surface area contributed by atoms with E-state index in [1.54, 1.807) is 0 Å². The van der Waals surface area contributed by atoms with Gasteiger partial charge in [0.2, 0.25) is 0 Å². The minimum atomic E-state index is -0.506. The zero-order chi connectivity index (χ0) is 17.4. The van der Waals surface area contributed by atoms with Crippen molar-refractivity contribution in [1.29, 1.82) is 0 Å². The predicted octanol–water partition coefficient (Wildman–Crippen LogP) is 3.60. The lowest BCUT2D eigenvalue weighted by Gasteiger charge is -2.26. The third-order valence-corrected chi connectivity index (χ3v) is 5.25. The Morgan fingerprint density at radius 3 is 2.92 bits per heavy atom. The molecule has 132 valence electrons. The molecular weight excluding hydrogens is 316 g/mol. The molecule has 1 aliphatic heterocycles. The summed E-state index contributed by atoms with van der Waals surface area (Å²) in [5, 5.41) is 4.10. The van der Waals surface area contributed by atoms with Crippen LogP contribution in [0.3, 0.4) is 0 Å². The highest BCUT2D eigenvalue weighted by molar-refractivity contribution is 5.81. The maximum Gasteiger partial charge on any atom is 0.263 e. The van der Waals surface area contributed by atoms with E-state index < -0.39 is 6.10 Å². The van der Waals surface area contributed by atoms with Gasteiger partial charge in [-0.05, 0) is 69.2 Å². The number of benzene rings is 1. The Balaban J connectivity index is 1.46. The van der Waals surface area contributed by atoms with Gasteiger partial charge in [0.15, 0.2) is 6.10 Å². The number of rotatable bonds is 4. The number of ether oxygens (including phenoxy) is 1. The first-order valence-corrected chi connectivity index (χ1v) is 9.14. The largest absolute Gasteiger partial charge is 0.481 e. The highest BCUT2D eigenvalue weighted by atomic mass is 16.5. The van der Waals surface area contributed by atoms with Crippen LogP contribution >= 0.6 is 0 Å².